The van der Waals surface area contributed by atoms with Gasteiger partial charge in [0, 0.05) is 22.9 Å². The van der Waals surface area contributed by atoms with Crippen LogP contribution in [0.15, 0.2) is 47.4 Å². The molecule has 3 rings (SSSR count). The molecule has 5 heteroatoms. The molecular formula is C16H16N2O2S. The van der Waals surface area contributed by atoms with E-state index in [4.69, 9.17) is 10.5 Å². The fourth-order valence-corrected chi connectivity index (χ4v) is 3.37. The van der Waals surface area contributed by atoms with Gasteiger partial charge >= 0.3 is 0 Å². The fourth-order valence-electron chi connectivity index (χ4n) is 2.37. The lowest BCUT2D eigenvalue weighted by molar-refractivity contribution is 0.0988. The smallest absolute Gasteiger partial charge is 0.260 e. The molecule has 4 nitrogen and oxygen atoms in total. The van der Waals surface area contributed by atoms with Gasteiger partial charge in [-0.3, -0.25) is 4.79 Å². The number of nitrogen functional groups attached to an aromatic ring is 1. The monoisotopic (exact) mass is 300 g/mol. The van der Waals surface area contributed by atoms with E-state index < -0.39 is 0 Å². The minimum absolute atomic E-state index is 0.0841. The molecule has 108 valence electrons. The van der Waals surface area contributed by atoms with Crippen molar-refractivity contribution >= 4 is 29.0 Å². The van der Waals surface area contributed by atoms with Gasteiger partial charge in [-0.15, -0.1) is 11.8 Å². The predicted octanol–water partition coefficient (Wildman–Crippen LogP) is 3.03. The molecule has 2 N–H and O–H groups in total. The first kappa shape index (κ1) is 13.8. The second-order valence-electron chi connectivity index (χ2n) is 4.73. The molecule has 2 aromatic rings. The van der Waals surface area contributed by atoms with Crippen LogP contribution in [0, 0.1) is 0 Å². The molecule has 0 spiro atoms. The lowest BCUT2D eigenvalue weighted by Crippen LogP contribution is -2.35. The molecule has 21 heavy (non-hydrogen) atoms. The molecule has 2 aromatic carbocycles. The first-order valence-electron chi connectivity index (χ1n) is 6.68. The maximum Gasteiger partial charge on any atom is 0.260 e. The standard InChI is InChI=1S/C16H16N2O2S/c1-20-11-6-7-13(17)12(10-11)16(19)18-8-9-21-15-5-3-2-4-14(15)18/h2-7,10H,8-9,17H2,1H3. The van der Waals surface area contributed by atoms with Gasteiger partial charge in [-0.2, -0.15) is 0 Å². The van der Waals surface area contributed by atoms with Gasteiger partial charge in [-0.05, 0) is 30.3 Å². The molecule has 0 aliphatic carbocycles. The average Bonchev–Trinajstić information content (AvgIpc) is 2.54. The zero-order valence-corrected chi connectivity index (χ0v) is 12.5. The Morgan fingerprint density at radius 3 is 2.90 bits per heavy atom. The van der Waals surface area contributed by atoms with Gasteiger partial charge in [-0.25, -0.2) is 0 Å². The summed E-state index contributed by atoms with van der Waals surface area (Å²) in [5.74, 6) is 1.43. The molecule has 0 atom stereocenters. The lowest BCUT2D eigenvalue weighted by Gasteiger charge is -2.29. The van der Waals surface area contributed by atoms with Crippen LogP contribution in [0.2, 0.25) is 0 Å². The van der Waals surface area contributed by atoms with Gasteiger partial charge in [0.15, 0.2) is 0 Å². The Bertz CT molecular complexity index is 688. The lowest BCUT2D eigenvalue weighted by atomic mass is 10.1. The van der Waals surface area contributed by atoms with Crippen LogP contribution in [0.25, 0.3) is 0 Å². The van der Waals surface area contributed by atoms with Crippen LogP contribution >= 0.6 is 11.8 Å². The van der Waals surface area contributed by atoms with Gasteiger partial charge in [0.1, 0.15) is 5.75 Å². The highest BCUT2D eigenvalue weighted by Gasteiger charge is 2.25. The van der Waals surface area contributed by atoms with Crippen molar-refractivity contribution in [3.05, 3.63) is 48.0 Å². The number of para-hydroxylation sites is 1. The topological polar surface area (TPSA) is 55.6 Å². The van der Waals surface area contributed by atoms with Crippen molar-refractivity contribution in [3.8, 4) is 5.75 Å². The first-order valence-corrected chi connectivity index (χ1v) is 7.66. The molecule has 0 radical (unpaired) electrons. The van der Waals surface area contributed by atoms with Crippen LogP contribution in [0.4, 0.5) is 11.4 Å². The summed E-state index contributed by atoms with van der Waals surface area (Å²) in [5.41, 5.74) is 7.86. The van der Waals surface area contributed by atoms with E-state index in [1.165, 1.54) is 0 Å². The number of nitrogens with zero attached hydrogens (tertiary/aromatic N) is 1. The molecule has 0 unspecified atom stereocenters. The summed E-state index contributed by atoms with van der Waals surface area (Å²) in [4.78, 5) is 15.7. The second-order valence-corrected chi connectivity index (χ2v) is 5.86. The first-order chi connectivity index (χ1) is 10.2. The van der Waals surface area contributed by atoms with E-state index in [1.54, 1.807) is 42.0 Å². The van der Waals surface area contributed by atoms with Gasteiger partial charge in [0.25, 0.3) is 5.91 Å². The summed E-state index contributed by atoms with van der Waals surface area (Å²) in [6, 6.07) is 13.1. The quantitative estimate of drug-likeness (QED) is 0.866. The van der Waals surface area contributed by atoms with Crippen molar-refractivity contribution in [1.82, 2.24) is 0 Å². The number of methoxy groups -OCH3 is 1. The summed E-state index contributed by atoms with van der Waals surface area (Å²) in [6.45, 7) is 0.678. The van der Waals surface area contributed by atoms with Crippen LogP contribution in [0.1, 0.15) is 10.4 Å². The van der Waals surface area contributed by atoms with E-state index in [-0.39, 0.29) is 5.91 Å². The number of nitrogens with two attached hydrogens (primary N) is 1. The van der Waals surface area contributed by atoms with Crippen molar-refractivity contribution in [2.75, 3.05) is 30.0 Å². The summed E-state index contributed by atoms with van der Waals surface area (Å²) in [6.07, 6.45) is 0. The molecule has 1 aliphatic rings. The number of rotatable bonds is 2. The molecule has 0 aromatic heterocycles. The highest BCUT2D eigenvalue weighted by molar-refractivity contribution is 7.99. The minimum Gasteiger partial charge on any atom is -0.497 e. The van der Waals surface area contributed by atoms with Crippen LogP contribution in [-0.2, 0) is 0 Å². The number of fused-ring (bicyclic) bond motifs is 1. The number of amides is 1. The molecule has 0 saturated heterocycles. The van der Waals surface area contributed by atoms with Crippen molar-refractivity contribution in [2.24, 2.45) is 0 Å². The molecule has 1 aliphatic heterocycles. The predicted molar refractivity (Wildman–Crippen MR) is 86.2 cm³/mol. The Kier molecular flexibility index (Phi) is 3.75. The average molecular weight is 300 g/mol. The molecule has 1 heterocycles. The minimum atomic E-state index is -0.0841. The Morgan fingerprint density at radius 2 is 2.10 bits per heavy atom. The van der Waals surface area contributed by atoms with Crippen molar-refractivity contribution in [1.29, 1.82) is 0 Å². The Hall–Kier alpha value is -2.14. The SMILES string of the molecule is COc1ccc(N)c(C(=O)N2CCSc3ccccc32)c1. The number of benzene rings is 2. The van der Waals surface area contributed by atoms with Gasteiger partial charge in [0.05, 0.1) is 18.4 Å². The maximum absolute atomic E-state index is 12.8. The molecule has 0 saturated carbocycles. The number of anilines is 2. The third-order valence-corrected chi connectivity index (χ3v) is 4.51. The van der Waals surface area contributed by atoms with Gasteiger partial charge in [0.2, 0.25) is 0 Å². The highest BCUT2D eigenvalue weighted by atomic mass is 32.2. The third kappa shape index (κ3) is 2.56. The third-order valence-electron chi connectivity index (χ3n) is 3.46. The Morgan fingerprint density at radius 1 is 1.29 bits per heavy atom. The number of ether oxygens (including phenoxy) is 1. The number of carbonyl (C=O) groups is 1. The number of hydrogen-bond donors (Lipinski definition) is 1. The van der Waals surface area contributed by atoms with Crippen molar-refractivity contribution in [3.63, 3.8) is 0 Å². The summed E-state index contributed by atoms with van der Waals surface area (Å²) in [7, 11) is 1.58. The van der Waals surface area contributed by atoms with Crippen LogP contribution in [0.5, 0.6) is 5.75 Å². The van der Waals surface area contributed by atoms with Crippen LogP contribution in [-0.4, -0.2) is 25.3 Å². The molecule has 0 bridgehead atoms. The van der Waals surface area contributed by atoms with E-state index in [2.05, 4.69) is 0 Å². The number of hydrogen-bond acceptors (Lipinski definition) is 4. The van der Waals surface area contributed by atoms with Crippen molar-refractivity contribution in [2.45, 2.75) is 4.90 Å². The van der Waals surface area contributed by atoms with E-state index in [0.29, 0.717) is 23.5 Å². The normalized spacial score (nSPS) is 13.7. The molecule has 1 amide bonds. The zero-order chi connectivity index (χ0) is 14.8. The van der Waals surface area contributed by atoms with Crippen LogP contribution < -0.4 is 15.4 Å². The molecular weight excluding hydrogens is 284 g/mol. The molecule has 0 fully saturated rings. The van der Waals surface area contributed by atoms with Crippen molar-refractivity contribution < 1.29 is 9.53 Å². The summed E-state index contributed by atoms with van der Waals surface area (Å²) >= 11 is 1.77. The van der Waals surface area contributed by atoms with E-state index in [0.717, 1.165) is 16.3 Å². The van der Waals surface area contributed by atoms with E-state index >= 15 is 0 Å². The van der Waals surface area contributed by atoms with Gasteiger partial charge < -0.3 is 15.4 Å². The van der Waals surface area contributed by atoms with E-state index in [9.17, 15) is 4.79 Å². The number of thioether (sulfide) groups is 1. The number of carbonyl (C=O) groups excluding carboxylic acids is 1. The zero-order valence-electron chi connectivity index (χ0n) is 11.7. The summed E-state index contributed by atoms with van der Waals surface area (Å²) in [5, 5.41) is 0. The van der Waals surface area contributed by atoms with Gasteiger partial charge in [-0.1, -0.05) is 12.1 Å². The van der Waals surface area contributed by atoms with E-state index in [1.807, 2.05) is 24.3 Å². The maximum atomic E-state index is 12.8. The van der Waals surface area contributed by atoms with Crippen LogP contribution in [0.3, 0.4) is 0 Å². The highest BCUT2D eigenvalue weighted by Crippen LogP contribution is 2.35. The second kappa shape index (κ2) is 5.69. The summed E-state index contributed by atoms with van der Waals surface area (Å²) < 4.78 is 5.19. The Balaban J connectivity index is 2.00. The largest absolute Gasteiger partial charge is 0.497 e. The Labute approximate surface area is 127 Å². The fraction of sp³-hybridized carbons (Fsp3) is 0.188.